The highest BCUT2D eigenvalue weighted by Crippen LogP contribution is 2.23. The highest BCUT2D eigenvalue weighted by Gasteiger charge is 2.24. The van der Waals surface area contributed by atoms with E-state index in [-0.39, 0.29) is 30.9 Å². The lowest BCUT2D eigenvalue weighted by Gasteiger charge is -2.30. The summed E-state index contributed by atoms with van der Waals surface area (Å²) < 4.78 is 5.15. The van der Waals surface area contributed by atoms with Gasteiger partial charge in [-0.15, -0.1) is 0 Å². The maximum atomic E-state index is 12.5. The molecule has 0 spiro atoms. The van der Waals surface area contributed by atoms with E-state index in [4.69, 9.17) is 4.74 Å². The monoisotopic (exact) mass is 389 g/mol. The fourth-order valence-electron chi connectivity index (χ4n) is 3.70. The van der Waals surface area contributed by atoms with Crippen molar-refractivity contribution in [2.24, 2.45) is 5.92 Å². The van der Waals surface area contributed by atoms with Gasteiger partial charge in [-0.25, -0.2) is 0 Å². The predicted octanol–water partition coefficient (Wildman–Crippen LogP) is 2.89. The number of anilines is 1. The second-order valence-corrected chi connectivity index (χ2v) is 7.93. The first-order valence-corrected chi connectivity index (χ1v) is 10.3. The van der Waals surface area contributed by atoms with Gasteiger partial charge >= 0.3 is 0 Å². The van der Waals surface area contributed by atoms with Gasteiger partial charge in [0, 0.05) is 25.4 Å². The summed E-state index contributed by atoms with van der Waals surface area (Å²) in [6.45, 7) is 7.58. The normalized spacial score (nSPS) is 19.5. The van der Waals surface area contributed by atoms with Gasteiger partial charge in [0.1, 0.15) is 0 Å². The number of carbonyl (C=O) groups excluding carboxylic acids is 2. The summed E-state index contributed by atoms with van der Waals surface area (Å²) in [6.07, 6.45) is 4.61. The Morgan fingerprint density at radius 1 is 1.14 bits per heavy atom. The molecule has 2 N–H and O–H groups in total. The lowest BCUT2D eigenvalue weighted by molar-refractivity contribution is -0.124. The van der Waals surface area contributed by atoms with Crippen LogP contribution in [0.15, 0.2) is 18.2 Å². The van der Waals surface area contributed by atoms with Gasteiger partial charge in [-0.05, 0) is 49.8 Å². The minimum Gasteiger partial charge on any atom is -0.383 e. The van der Waals surface area contributed by atoms with E-state index in [9.17, 15) is 9.59 Å². The number of aryl methyl sites for hydroxylation is 1. The van der Waals surface area contributed by atoms with Crippen molar-refractivity contribution < 1.29 is 14.3 Å². The number of rotatable bonds is 9. The fraction of sp³-hybridized carbons (Fsp3) is 0.636. The van der Waals surface area contributed by atoms with Crippen LogP contribution in [-0.2, 0) is 14.3 Å². The summed E-state index contributed by atoms with van der Waals surface area (Å²) in [5.74, 6) is 0.371. The topological polar surface area (TPSA) is 70.7 Å². The van der Waals surface area contributed by atoms with Crippen LogP contribution in [0.5, 0.6) is 0 Å². The molecule has 156 valence electrons. The number of amides is 2. The number of ether oxygens (including phenoxy) is 1. The zero-order chi connectivity index (χ0) is 20.5. The van der Waals surface area contributed by atoms with Gasteiger partial charge in [0.2, 0.25) is 11.8 Å². The van der Waals surface area contributed by atoms with Gasteiger partial charge in [-0.2, -0.15) is 0 Å². The molecule has 2 amide bonds. The van der Waals surface area contributed by atoms with E-state index >= 15 is 0 Å². The summed E-state index contributed by atoms with van der Waals surface area (Å²) >= 11 is 0. The maximum Gasteiger partial charge on any atom is 0.238 e. The zero-order valence-electron chi connectivity index (χ0n) is 17.7. The summed E-state index contributed by atoms with van der Waals surface area (Å²) in [4.78, 5) is 26.9. The van der Waals surface area contributed by atoms with Crippen LogP contribution in [0.25, 0.3) is 0 Å². The zero-order valence-corrected chi connectivity index (χ0v) is 17.7. The Labute approximate surface area is 169 Å². The van der Waals surface area contributed by atoms with E-state index in [0.29, 0.717) is 19.1 Å². The van der Waals surface area contributed by atoms with Gasteiger partial charge in [0.25, 0.3) is 0 Å². The van der Waals surface area contributed by atoms with E-state index < -0.39 is 0 Å². The number of methoxy groups -OCH3 is 1. The van der Waals surface area contributed by atoms with Crippen molar-refractivity contribution in [1.29, 1.82) is 0 Å². The molecule has 0 radical (unpaired) electrons. The van der Waals surface area contributed by atoms with Crippen molar-refractivity contribution in [1.82, 2.24) is 10.2 Å². The van der Waals surface area contributed by atoms with Gasteiger partial charge in [0.15, 0.2) is 0 Å². The molecule has 1 aliphatic rings. The standard InChI is InChI=1S/C22H35N3O3/c1-16-9-7-11-20(18(16)3)24-22(27)15-25(12-13-28-4)14-21(26)23-19-10-6-5-8-17(19)2/h7,9,11,17,19H,5-6,8,10,12-15H2,1-4H3,(H,23,26)(H,24,27)/t17-,19-/m0/s1. The molecule has 1 aromatic rings. The van der Waals surface area contributed by atoms with Crippen molar-refractivity contribution in [3.8, 4) is 0 Å². The molecule has 0 bridgehead atoms. The molecule has 28 heavy (non-hydrogen) atoms. The highest BCUT2D eigenvalue weighted by atomic mass is 16.5. The first kappa shape index (κ1) is 22.4. The molecule has 0 aliphatic heterocycles. The van der Waals surface area contributed by atoms with Gasteiger partial charge in [0.05, 0.1) is 19.7 Å². The minimum atomic E-state index is -0.122. The molecule has 1 saturated carbocycles. The Morgan fingerprint density at radius 3 is 2.57 bits per heavy atom. The van der Waals surface area contributed by atoms with Gasteiger partial charge in [-0.1, -0.05) is 31.9 Å². The first-order valence-electron chi connectivity index (χ1n) is 10.3. The molecule has 0 unspecified atom stereocenters. The van der Waals surface area contributed by atoms with E-state index in [2.05, 4.69) is 17.6 Å². The van der Waals surface area contributed by atoms with Crippen LogP contribution in [0.1, 0.15) is 43.7 Å². The number of nitrogens with zero attached hydrogens (tertiary/aromatic N) is 1. The Bertz CT molecular complexity index is 662. The quantitative estimate of drug-likeness (QED) is 0.681. The second-order valence-electron chi connectivity index (χ2n) is 7.93. The van der Waals surface area contributed by atoms with Crippen LogP contribution >= 0.6 is 0 Å². The fourth-order valence-corrected chi connectivity index (χ4v) is 3.70. The van der Waals surface area contributed by atoms with Gasteiger partial charge < -0.3 is 15.4 Å². The third-order valence-electron chi connectivity index (χ3n) is 5.68. The predicted molar refractivity (Wildman–Crippen MR) is 112 cm³/mol. The van der Waals surface area contributed by atoms with Crippen LogP contribution in [0.3, 0.4) is 0 Å². The number of benzene rings is 1. The maximum absolute atomic E-state index is 12.5. The highest BCUT2D eigenvalue weighted by molar-refractivity contribution is 5.93. The molecule has 0 saturated heterocycles. The third-order valence-corrected chi connectivity index (χ3v) is 5.68. The van der Waals surface area contributed by atoms with Crippen molar-refractivity contribution in [3.05, 3.63) is 29.3 Å². The lowest BCUT2D eigenvalue weighted by Crippen LogP contribution is -2.47. The largest absolute Gasteiger partial charge is 0.383 e. The Morgan fingerprint density at radius 2 is 1.86 bits per heavy atom. The minimum absolute atomic E-state index is 0.0191. The smallest absolute Gasteiger partial charge is 0.238 e. The van der Waals surface area contributed by atoms with E-state index in [0.717, 1.165) is 29.7 Å². The Hall–Kier alpha value is -1.92. The van der Waals surface area contributed by atoms with E-state index in [1.165, 1.54) is 12.8 Å². The van der Waals surface area contributed by atoms with Crippen molar-refractivity contribution in [2.45, 2.75) is 52.5 Å². The summed E-state index contributed by atoms with van der Waals surface area (Å²) in [6, 6.07) is 6.09. The lowest BCUT2D eigenvalue weighted by atomic mass is 9.86. The summed E-state index contributed by atoms with van der Waals surface area (Å²) in [5.41, 5.74) is 3.01. The van der Waals surface area contributed by atoms with E-state index in [1.54, 1.807) is 7.11 Å². The number of hydrogen-bond acceptors (Lipinski definition) is 4. The molecule has 0 aromatic heterocycles. The van der Waals surface area contributed by atoms with Crippen LogP contribution in [0.4, 0.5) is 5.69 Å². The van der Waals surface area contributed by atoms with Crippen LogP contribution in [-0.4, -0.2) is 56.1 Å². The number of hydrogen-bond donors (Lipinski definition) is 2. The number of nitrogens with one attached hydrogen (secondary N) is 2. The molecule has 6 heteroatoms. The molecular weight excluding hydrogens is 354 g/mol. The molecular formula is C22H35N3O3. The average Bonchev–Trinajstić information content (AvgIpc) is 2.65. The summed E-state index contributed by atoms with van der Waals surface area (Å²) in [5, 5.41) is 6.13. The summed E-state index contributed by atoms with van der Waals surface area (Å²) in [7, 11) is 1.62. The molecule has 2 atom stereocenters. The molecule has 1 fully saturated rings. The molecule has 1 aliphatic carbocycles. The van der Waals surface area contributed by atoms with Crippen molar-refractivity contribution >= 4 is 17.5 Å². The third kappa shape index (κ3) is 6.91. The van der Waals surface area contributed by atoms with Crippen LogP contribution in [0.2, 0.25) is 0 Å². The molecule has 2 rings (SSSR count). The van der Waals surface area contributed by atoms with Crippen molar-refractivity contribution in [3.63, 3.8) is 0 Å². The molecule has 6 nitrogen and oxygen atoms in total. The van der Waals surface area contributed by atoms with E-state index in [1.807, 2.05) is 36.9 Å². The molecule has 1 aromatic carbocycles. The van der Waals surface area contributed by atoms with Crippen LogP contribution in [0, 0.1) is 19.8 Å². The Balaban J connectivity index is 1.91. The first-order chi connectivity index (χ1) is 13.4. The van der Waals surface area contributed by atoms with Crippen molar-refractivity contribution in [2.75, 3.05) is 38.7 Å². The second kappa shape index (κ2) is 11.2. The van der Waals surface area contributed by atoms with Crippen LogP contribution < -0.4 is 10.6 Å². The SMILES string of the molecule is COCCN(CC(=O)Nc1cccc(C)c1C)CC(=O)N[C@H]1CCCC[C@@H]1C. The van der Waals surface area contributed by atoms with Gasteiger partial charge in [-0.3, -0.25) is 14.5 Å². The Kier molecular flexibility index (Phi) is 8.93. The average molecular weight is 390 g/mol. The molecule has 0 heterocycles. The number of carbonyl (C=O) groups is 2.